The fraction of sp³-hybridized carbons (Fsp3) is 0.526. The molecule has 11 N–H and O–H groups in total. The van der Waals surface area contributed by atoms with Crippen LogP contribution in [0.1, 0.15) is 31.4 Å². The van der Waals surface area contributed by atoms with Crippen molar-refractivity contribution in [2.45, 2.75) is 56.3 Å². The maximum absolute atomic E-state index is 12.8. The molecule has 1 aromatic rings. The smallest absolute Gasteiger partial charge is 0.326 e. The molecule has 0 saturated carbocycles. The number of hydrogen-bond acceptors (Lipinski definition) is 9. The molecule has 194 valence electrons. The number of aromatic amines is 1. The van der Waals surface area contributed by atoms with E-state index in [1.807, 2.05) is 0 Å². The molecule has 16 nitrogen and oxygen atoms in total. The average molecular weight is 499 g/mol. The van der Waals surface area contributed by atoms with Gasteiger partial charge in [-0.15, -0.1) is 0 Å². The van der Waals surface area contributed by atoms with E-state index < -0.39 is 72.8 Å². The highest BCUT2D eigenvalue weighted by Gasteiger charge is 2.31. The van der Waals surface area contributed by atoms with Gasteiger partial charge in [0.1, 0.15) is 24.2 Å². The van der Waals surface area contributed by atoms with Gasteiger partial charge in [-0.05, 0) is 12.8 Å². The van der Waals surface area contributed by atoms with Crippen LogP contribution in [0.25, 0.3) is 0 Å². The number of primary amides is 1. The van der Waals surface area contributed by atoms with E-state index in [0.29, 0.717) is 5.69 Å². The summed E-state index contributed by atoms with van der Waals surface area (Å²) in [6.07, 6.45) is 0.954. The first-order chi connectivity index (χ1) is 16.4. The van der Waals surface area contributed by atoms with Crippen LogP contribution in [-0.2, 0) is 35.2 Å². The SMILES string of the molecule is NC(=O)CCC(NC(=O)C(CCC(=O)O)NC(=O)C(N)CO)C(=O)NC(Cc1cnc[nH]1)C(=O)O. The molecule has 1 rings (SSSR count). The second kappa shape index (κ2) is 14.3. The number of amides is 4. The first-order valence-corrected chi connectivity index (χ1v) is 10.4. The van der Waals surface area contributed by atoms with Crippen molar-refractivity contribution in [1.82, 2.24) is 25.9 Å². The maximum Gasteiger partial charge on any atom is 0.326 e. The zero-order chi connectivity index (χ0) is 26.5. The number of nitrogens with one attached hydrogen (secondary N) is 4. The molecule has 4 atom stereocenters. The summed E-state index contributed by atoms with van der Waals surface area (Å²) in [7, 11) is 0. The minimum atomic E-state index is -1.46. The van der Waals surface area contributed by atoms with Gasteiger partial charge in [0.2, 0.25) is 23.6 Å². The number of imidazole rings is 1. The van der Waals surface area contributed by atoms with Crippen LogP contribution in [0, 0.1) is 0 Å². The minimum absolute atomic E-state index is 0.159. The van der Waals surface area contributed by atoms with Crippen molar-refractivity contribution >= 4 is 35.6 Å². The Labute approximate surface area is 198 Å². The Hall–Kier alpha value is -4.05. The summed E-state index contributed by atoms with van der Waals surface area (Å²) in [6.45, 7) is -0.740. The highest BCUT2D eigenvalue weighted by molar-refractivity contribution is 5.94. The standard InChI is InChI=1S/C19H29N7O9/c20-10(7-27)16(31)24-12(2-4-15(29)30)17(32)25-11(1-3-14(21)28)18(33)26-13(19(34)35)5-9-6-22-8-23-9/h6,8,10-13,27H,1-5,7,20H2,(H2,21,28)(H,22,23)(H,24,31)(H,25,32)(H,26,33)(H,29,30)(H,34,35). The van der Waals surface area contributed by atoms with Crippen molar-refractivity contribution in [1.29, 1.82) is 0 Å². The van der Waals surface area contributed by atoms with Gasteiger partial charge in [0.05, 0.1) is 12.9 Å². The van der Waals surface area contributed by atoms with E-state index in [0.717, 1.165) is 0 Å². The predicted octanol–water partition coefficient (Wildman–Crippen LogP) is -4.06. The van der Waals surface area contributed by atoms with Crippen LogP contribution < -0.4 is 27.4 Å². The molecule has 35 heavy (non-hydrogen) atoms. The molecule has 0 aliphatic rings. The summed E-state index contributed by atoms with van der Waals surface area (Å²) in [5.41, 5.74) is 10.9. The van der Waals surface area contributed by atoms with Crippen molar-refractivity contribution in [3.8, 4) is 0 Å². The van der Waals surface area contributed by atoms with Crippen LogP contribution in [0.15, 0.2) is 12.5 Å². The van der Waals surface area contributed by atoms with Crippen LogP contribution in [0.4, 0.5) is 0 Å². The fourth-order valence-corrected chi connectivity index (χ4v) is 2.81. The molecule has 0 fully saturated rings. The van der Waals surface area contributed by atoms with Crippen LogP contribution in [0.5, 0.6) is 0 Å². The van der Waals surface area contributed by atoms with E-state index in [1.165, 1.54) is 12.5 Å². The van der Waals surface area contributed by atoms with Gasteiger partial charge < -0.3 is 47.7 Å². The van der Waals surface area contributed by atoms with Gasteiger partial charge in [-0.25, -0.2) is 9.78 Å². The number of aliphatic hydroxyl groups is 1. The monoisotopic (exact) mass is 499 g/mol. The molecule has 1 heterocycles. The Morgan fingerprint density at radius 2 is 1.46 bits per heavy atom. The van der Waals surface area contributed by atoms with E-state index in [9.17, 15) is 33.9 Å². The highest BCUT2D eigenvalue weighted by Crippen LogP contribution is 2.05. The Bertz CT molecular complexity index is 906. The average Bonchev–Trinajstić information content (AvgIpc) is 3.30. The molecule has 16 heteroatoms. The van der Waals surface area contributed by atoms with Crippen molar-refractivity contribution < 1.29 is 44.1 Å². The lowest BCUT2D eigenvalue weighted by Gasteiger charge is -2.24. The number of carboxylic acids is 2. The second-order valence-corrected chi connectivity index (χ2v) is 7.53. The Morgan fingerprint density at radius 1 is 0.914 bits per heavy atom. The molecule has 4 unspecified atom stereocenters. The number of carbonyl (C=O) groups excluding carboxylic acids is 4. The topological polar surface area (TPSA) is 280 Å². The zero-order valence-corrected chi connectivity index (χ0v) is 18.6. The molecular formula is C19H29N7O9. The number of H-pyrrole nitrogens is 1. The molecule has 0 aromatic carbocycles. The van der Waals surface area contributed by atoms with Crippen molar-refractivity contribution in [2.24, 2.45) is 11.5 Å². The molecule has 0 bridgehead atoms. The third-order valence-corrected chi connectivity index (χ3v) is 4.72. The van der Waals surface area contributed by atoms with Crippen molar-refractivity contribution in [3.05, 3.63) is 18.2 Å². The van der Waals surface area contributed by atoms with Crippen molar-refractivity contribution in [2.75, 3.05) is 6.61 Å². The van der Waals surface area contributed by atoms with Gasteiger partial charge in [-0.3, -0.25) is 24.0 Å². The van der Waals surface area contributed by atoms with Crippen LogP contribution in [0.2, 0.25) is 0 Å². The molecule has 4 amide bonds. The summed E-state index contributed by atoms with van der Waals surface area (Å²) in [6, 6.07) is -5.71. The normalized spacial score (nSPS) is 14.1. The van der Waals surface area contributed by atoms with Gasteiger partial charge >= 0.3 is 11.9 Å². The van der Waals surface area contributed by atoms with Gasteiger partial charge in [-0.2, -0.15) is 0 Å². The largest absolute Gasteiger partial charge is 0.481 e. The molecule has 0 aliphatic carbocycles. The summed E-state index contributed by atoms with van der Waals surface area (Å²) < 4.78 is 0. The molecular weight excluding hydrogens is 470 g/mol. The highest BCUT2D eigenvalue weighted by atomic mass is 16.4. The van der Waals surface area contributed by atoms with Crippen LogP contribution in [-0.4, -0.2) is 91.6 Å². The zero-order valence-electron chi connectivity index (χ0n) is 18.6. The summed E-state index contributed by atoms with van der Waals surface area (Å²) in [5.74, 6) is -6.33. The van der Waals surface area contributed by atoms with E-state index in [1.54, 1.807) is 0 Å². The summed E-state index contributed by atoms with van der Waals surface area (Å²) in [4.78, 5) is 77.8. The number of carbonyl (C=O) groups is 6. The maximum atomic E-state index is 12.8. The Balaban J connectivity index is 3.02. The lowest BCUT2D eigenvalue weighted by molar-refractivity contribution is -0.142. The van der Waals surface area contributed by atoms with Crippen molar-refractivity contribution in [3.63, 3.8) is 0 Å². The quantitative estimate of drug-likeness (QED) is 0.105. The summed E-state index contributed by atoms with van der Waals surface area (Å²) >= 11 is 0. The number of nitrogens with zero attached hydrogens (tertiary/aromatic N) is 1. The Morgan fingerprint density at radius 3 is 1.91 bits per heavy atom. The molecule has 0 radical (unpaired) electrons. The first kappa shape index (κ1) is 29.0. The van der Waals surface area contributed by atoms with Gasteiger partial charge in [-0.1, -0.05) is 0 Å². The Kier molecular flexibility index (Phi) is 11.8. The lowest BCUT2D eigenvalue weighted by atomic mass is 10.1. The third kappa shape index (κ3) is 10.6. The number of aliphatic hydroxyl groups excluding tert-OH is 1. The van der Waals surface area contributed by atoms with E-state index in [2.05, 4.69) is 25.9 Å². The summed E-state index contributed by atoms with van der Waals surface area (Å²) in [5, 5.41) is 34.1. The van der Waals surface area contributed by atoms with E-state index in [4.69, 9.17) is 21.7 Å². The second-order valence-electron chi connectivity index (χ2n) is 7.53. The predicted molar refractivity (Wildman–Crippen MR) is 116 cm³/mol. The lowest BCUT2D eigenvalue weighted by Crippen LogP contribution is -2.57. The molecule has 0 aliphatic heterocycles. The first-order valence-electron chi connectivity index (χ1n) is 10.4. The number of carboxylic acid groups (broad SMARTS) is 2. The van der Waals surface area contributed by atoms with E-state index in [-0.39, 0.29) is 25.7 Å². The number of aliphatic carboxylic acids is 2. The van der Waals surface area contributed by atoms with Gasteiger partial charge in [0.25, 0.3) is 0 Å². The number of rotatable bonds is 16. The third-order valence-electron chi connectivity index (χ3n) is 4.72. The molecule has 0 saturated heterocycles. The molecule has 0 spiro atoms. The van der Waals surface area contributed by atoms with Gasteiger partial charge in [0, 0.05) is 31.2 Å². The molecule has 1 aromatic heterocycles. The van der Waals surface area contributed by atoms with Crippen LogP contribution >= 0.6 is 0 Å². The fourth-order valence-electron chi connectivity index (χ4n) is 2.81. The van der Waals surface area contributed by atoms with Gasteiger partial charge in [0.15, 0.2) is 0 Å². The van der Waals surface area contributed by atoms with E-state index >= 15 is 0 Å². The number of aromatic nitrogens is 2. The number of hydrogen-bond donors (Lipinski definition) is 9. The number of nitrogens with two attached hydrogens (primary N) is 2. The minimum Gasteiger partial charge on any atom is -0.481 e. The van der Waals surface area contributed by atoms with Crippen LogP contribution in [0.3, 0.4) is 0 Å².